The summed E-state index contributed by atoms with van der Waals surface area (Å²) in [6.45, 7) is 5.73. The topological polar surface area (TPSA) is 33.7 Å². The lowest BCUT2D eigenvalue weighted by Gasteiger charge is -2.32. The second kappa shape index (κ2) is 7.76. The van der Waals surface area contributed by atoms with Crippen molar-refractivity contribution in [3.05, 3.63) is 17.2 Å². The summed E-state index contributed by atoms with van der Waals surface area (Å²) in [5.41, 5.74) is 0.920. The Morgan fingerprint density at radius 1 is 1.19 bits per heavy atom. The predicted molar refractivity (Wildman–Crippen MR) is 87.9 cm³/mol. The van der Waals surface area contributed by atoms with Crippen molar-refractivity contribution >= 4 is 17.3 Å². The van der Waals surface area contributed by atoms with E-state index in [9.17, 15) is 0 Å². The maximum absolute atomic E-state index is 6.33. The Bertz CT molecular complexity index is 460. The predicted octanol–water partition coefficient (Wildman–Crippen LogP) is 3.64. The average molecular weight is 313 g/mol. The van der Waals surface area contributed by atoms with Crippen molar-refractivity contribution in [1.82, 2.24) is 4.90 Å². The summed E-state index contributed by atoms with van der Waals surface area (Å²) in [4.78, 5) is 2.52. The molecule has 1 fully saturated rings. The minimum absolute atomic E-state index is 0.466. The van der Waals surface area contributed by atoms with Gasteiger partial charge in [-0.15, -0.1) is 0 Å². The Labute approximate surface area is 132 Å². The fraction of sp³-hybridized carbons (Fsp3) is 0.625. The summed E-state index contributed by atoms with van der Waals surface area (Å²) in [7, 11) is 3.25. The van der Waals surface area contributed by atoms with Crippen LogP contribution in [0.15, 0.2) is 12.1 Å². The van der Waals surface area contributed by atoms with E-state index < -0.39 is 0 Å². The molecule has 0 saturated carbocycles. The quantitative estimate of drug-likeness (QED) is 0.869. The average Bonchev–Trinajstić information content (AvgIpc) is 2.51. The number of ether oxygens (including phenoxy) is 2. The molecule has 0 amide bonds. The van der Waals surface area contributed by atoms with E-state index in [4.69, 9.17) is 21.1 Å². The number of nitrogens with one attached hydrogen (secondary N) is 1. The van der Waals surface area contributed by atoms with Gasteiger partial charge in [0.1, 0.15) is 0 Å². The van der Waals surface area contributed by atoms with Crippen molar-refractivity contribution in [2.24, 2.45) is 0 Å². The Kier molecular flexibility index (Phi) is 6.00. The zero-order valence-corrected chi connectivity index (χ0v) is 13.9. The van der Waals surface area contributed by atoms with Crippen LogP contribution in [0, 0.1) is 0 Å². The minimum atomic E-state index is 0.466. The molecule has 0 aromatic heterocycles. The van der Waals surface area contributed by atoms with E-state index in [1.165, 1.54) is 13.0 Å². The van der Waals surface area contributed by atoms with Gasteiger partial charge in [-0.05, 0) is 25.8 Å². The molecule has 1 aromatic carbocycles. The van der Waals surface area contributed by atoms with E-state index in [1.807, 2.05) is 6.07 Å². The van der Waals surface area contributed by atoms with Crippen LogP contribution in [0.2, 0.25) is 5.02 Å². The van der Waals surface area contributed by atoms with Gasteiger partial charge in [0.2, 0.25) is 0 Å². The molecule has 0 spiro atoms. The maximum atomic E-state index is 6.33. The molecule has 1 saturated heterocycles. The van der Waals surface area contributed by atoms with Crippen molar-refractivity contribution in [1.29, 1.82) is 0 Å². The summed E-state index contributed by atoms with van der Waals surface area (Å²) in [6.07, 6.45) is 3.51. The summed E-state index contributed by atoms with van der Waals surface area (Å²) < 4.78 is 10.6. The van der Waals surface area contributed by atoms with Gasteiger partial charge < -0.3 is 19.7 Å². The first-order valence-corrected chi connectivity index (χ1v) is 7.96. The highest BCUT2D eigenvalue weighted by molar-refractivity contribution is 6.33. The Morgan fingerprint density at radius 2 is 1.81 bits per heavy atom. The van der Waals surface area contributed by atoms with Crippen LogP contribution in [0.4, 0.5) is 5.69 Å². The molecule has 1 aliphatic heterocycles. The second-order valence-electron chi connectivity index (χ2n) is 5.45. The van der Waals surface area contributed by atoms with Gasteiger partial charge in [0, 0.05) is 31.3 Å². The Hall–Kier alpha value is -1.13. The minimum Gasteiger partial charge on any atom is -0.493 e. The first-order chi connectivity index (χ1) is 10.2. The zero-order valence-electron chi connectivity index (χ0n) is 13.1. The number of rotatable bonds is 6. The van der Waals surface area contributed by atoms with Crippen molar-refractivity contribution in [2.45, 2.75) is 32.2 Å². The van der Waals surface area contributed by atoms with Crippen LogP contribution in [0.25, 0.3) is 0 Å². The lowest BCUT2D eigenvalue weighted by atomic mass is 10.0. The van der Waals surface area contributed by atoms with Gasteiger partial charge >= 0.3 is 0 Å². The highest BCUT2D eigenvalue weighted by Crippen LogP contribution is 2.36. The van der Waals surface area contributed by atoms with E-state index in [-0.39, 0.29) is 0 Å². The summed E-state index contributed by atoms with van der Waals surface area (Å²) in [6, 6.07) is 4.18. The molecule has 118 valence electrons. The summed E-state index contributed by atoms with van der Waals surface area (Å²) in [5, 5.41) is 4.21. The van der Waals surface area contributed by atoms with E-state index in [0.29, 0.717) is 22.6 Å². The number of likely N-dealkylation sites (tertiary alicyclic amines) is 1. The van der Waals surface area contributed by atoms with E-state index in [1.54, 1.807) is 20.3 Å². The van der Waals surface area contributed by atoms with Crippen LogP contribution in [0.3, 0.4) is 0 Å². The monoisotopic (exact) mass is 312 g/mol. The van der Waals surface area contributed by atoms with Gasteiger partial charge in [0.05, 0.1) is 24.9 Å². The van der Waals surface area contributed by atoms with Gasteiger partial charge in [0.15, 0.2) is 11.5 Å². The first kappa shape index (κ1) is 16.2. The first-order valence-electron chi connectivity index (χ1n) is 7.58. The third-order valence-corrected chi connectivity index (χ3v) is 4.27. The van der Waals surface area contributed by atoms with Gasteiger partial charge in [0.25, 0.3) is 0 Å². The van der Waals surface area contributed by atoms with Crippen LogP contribution in [-0.2, 0) is 0 Å². The number of hydrogen-bond acceptors (Lipinski definition) is 4. The smallest absolute Gasteiger partial charge is 0.162 e. The fourth-order valence-electron chi connectivity index (χ4n) is 2.80. The molecule has 5 heteroatoms. The summed E-state index contributed by atoms with van der Waals surface area (Å²) >= 11 is 6.33. The van der Waals surface area contributed by atoms with Crippen LogP contribution in [-0.4, -0.2) is 44.8 Å². The molecule has 1 aliphatic rings. The lowest BCUT2D eigenvalue weighted by Crippen LogP contribution is -2.39. The van der Waals surface area contributed by atoms with Gasteiger partial charge in [-0.2, -0.15) is 0 Å². The van der Waals surface area contributed by atoms with E-state index in [2.05, 4.69) is 17.1 Å². The number of methoxy groups -OCH3 is 2. The molecule has 0 aliphatic carbocycles. The molecule has 2 rings (SSSR count). The number of nitrogens with zero attached hydrogens (tertiary/aromatic N) is 1. The summed E-state index contributed by atoms with van der Waals surface area (Å²) in [5.74, 6) is 1.36. The van der Waals surface area contributed by atoms with Gasteiger partial charge in [-0.1, -0.05) is 18.5 Å². The van der Waals surface area contributed by atoms with Crippen molar-refractivity contribution in [3.8, 4) is 11.5 Å². The second-order valence-corrected chi connectivity index (χ2v) is 5.85. The number of halogens is 1. The largest absolute Gasteiger partial charge is 0.493 e. The van der Waals surface area contributed by atoms with Gasteiger partial charge in [-0.3, -0.25) is 0 Å². The van der Waals surface area contributed by atoms with Gasteiger partial charge in [-0.25, -0.2) is 0 Å². The third kappa shape index (κ3) is 4.17. The van der Waals surface area contributed by atoms with Crippen molar-refractivity contribution < 1.29 is 9.47 Å². The zero-order chi connectivity index (χ0) is 15.2. The van der Waals surface area contributed by atoms with Crippen LogP contribution >= 0.6 is 11.6 Å². The SMILES string of the molecule is CCCN1CCC(Nc2cc(OC)c(OC)cc2Cl)CC1. The molecule has 0 atom stereocenters. The molecule has 0 unspecified atom stereocenters. The molecular weight excluding hydrogens is 288 g/mol. The Balaban J connectivity index is 2.00. The molecule has 21 heavy (non-hydrogen) atoms. The highest BCUT2D eigenvalue weighted by atomic mass is 35.5. The maximum Gasteiger partial charge on any atom is 0.162 e. The van der Waals surface area contributed by atoms with Crippen molar-refractivity contribution in [2.75, 3.05) is 39.2 Å². The number of hydrogen-bond donors (Lipinski definition) is 1. The fourth-order valence-corrected chi connectivity index (χ4v) is 3.01. The normalized spacial score (nSPS) is 16.8. The lowest BCUT2D eigenvalue weighted by molar-refractivity contribution is 0.219. The van der Waals surface area contributed by atoms with Crippen LogP contribution < -0.4 is 14.8 Å². The molecule has 4 nitrogen and oxygen atoms in total. The number of benzene rings is 1. The van der Waals surface area contributed by atoms with Crippen LogP contribution in [0.5, 0.6) is 11.5 Å². The van der Waals surface area contributed by atoms with E-state index >= 15 is 0 Å². The number of piperidine rings is 1. The molecule has 1 heterocycles. The molecule has 1 aromatic rings. The molecule has 0 radical (unpaired) electrons. The molecular formula is C16H25ClN2O2. The third-order valence-electron chi connectivity index (χ3n) is 3.96. The van der Waals surface area contributed by atoms with E-state index in [0.717, 1.165) is 31.6 Å². The molecule has 1 N–H and O–H groups in total. The highest BCUT2D eigenvalue weighted by Gasteiger charge is 2.20. The van der Waals surface area contributed by atoms with Crippen LogP contribution in [0.1, 0.15) is 26.2 Å². The molecule has 0 bridgehead atoms. The Morgan fingerprint density at radius 3 is 2.38 bits per heavy atom. The van der Waals surface area contributed by atoms with Crippen molar-refractivity contribution in [3.63, 3.8) is 0 Å². The number of anilines is 1. The standard InChI is InChI=1S/C16H25ClN2O2/c1-4-7-19-8-5-12(6-9-19)18-14-11-16(21-3)15(20-2)10-13(14)17/h10-12,18H,4-9H2,1-3H3.